The highest BCUT2D eigenvalue weighted by Crippen LogP contribution is 2.02. The number of carbonyl (C=O) groups excluding carboxylic acids is 2. The first-order valence-electron chi connectivity index (χ1n) is 3.04. The normalized spacial score (nSPS) is 11.5. The summed E-state index contributed by atoms with van der Waals surface area (Å²) in [6.45, 7) is 4.77. The maximum atomic E-state index is 10.5. The van der Waals surface area contributed by atoms with Crippen LogP contribution >= 0.6 is 0 Å². The lowest BCUT2D eigenvalue weighted by Gasteiger charge is -2.01. The Hall–Kier alpha value is -0.660. The first-order valence-corrected chi connectivity index (χ1v) is 3.04. The van der Waals surface area contributed by atoms with E-state index in [4.69, 9.17) is 0 Å². The number of hydrogen-bond acceptors (Lipinski definition) is 2. The molecule has 0 N–H and O–H groups in total. The van der Waals surface area contributed by atoms with Crippen LogP contribution in [-0.2, 0) is 9.59 Å². The van der Waals surface area contributed by atoms with E-state index in [0.29, 0.717) is 6.42 Å². The molecule has 2 nitrogen and oxygen atoms in total. The van der Waals surface area contributed by atoms with Gasteiger partial charge >= 0.3 is 0 Å². The first kappa shape index (κ1) is 12.1. The van der Waals surface area contributed by atoms with Crippen molar-refractivity contribution in [2.75, 3.05) is 0 Å². The molecule has 0 bridgehead atoms. The molecule has 2 heteroatoms. The maximum Gasteiger partial charge on any atom is 0.133 e. The fourth-order valence-corrected chi connectivity index (χ4v) is 0.575. The average Bonchev–Trinajstić information content (AvgIpc) is 1.63. The molecule has 0 aliphatic carbocycles. The van der Waals surface area contributed by atoms with Crippen molar-refractivity contribution < 1.29 is 9.59 Å². The van der Waals surface area contributed by atoms with Crippen LogP contribution in [0.2, 0.25) is 0 Å². The molecule has 0 saturated carbocycles. The van der Waals surface area contributed by atoms with Gasteiger partial charge in [0.1, 0.15) is 11.6 Å². The molecule has 0 aliphatic rings. The summed E-state index contributed by atoms with van der Waals surface area (Å²) in [5.41, 5.74) is 0. The van der Waals surface area contributed by atoms with E-state index in [2.05, 4.69) is 0 Å². The number of Topliss-reactive ketones (excluding diaryl/α,β-unsaturated/α-hetero) is 2. The minimum Gasteiger partial charge on any atom is -0.300 e. The topological polar surface area (TPSA) is 34.1 Å². The van der Waals surface area contributed by atoms with Gasteiger partial charge in [0.05, 0.1) is 0 Å². The van der Waals surface area contributed by atoms with Gasteiger partial charge in [0, 0.05) is 12.3 Å². The highest BCUT2D eigenvalue weighted by Gasteiger charge is 2.08. The highest BCUT2D eigenvalue weighted by molar-refractivity contribution is 5.85. The lowest BCUT2D eigenvalue weighted by Crippen LogP contribution is -2.09. The van der Waals surface area contributed by atoms with Gasteiger partial charge in [-0.3, -0.25) is 4.79 Å². The second kappa shape index (κ2) is 5.15. The van der Waals surface area contributed by atoms with E-state index >= 15 is 0 Å². The van der Waals surface area contributed by atoms with E-state index in [1.807, 2.05) is 0 Å². The molecular weight excluding hydrogens is 128 g/mol. The third-order valence-corrected chi connectivity index (χ3v) is 1.29. The van der Waals surface area contributed by atoms with Crippen LogP contribution in [0.3, 0.4) is 0 Å². The molecule has 0 fully saturated rings. The van der Waals surface area contributed by atoms with Crippen molar-refractivity contribution in [3.8, 4) is 0 Å². The first-order chi connectivity index (χ1) is 4.04. The molecule has 0 radical (unpaired) electrons. The molecular formula is C8H16O2. The van der Waals surface area contributed by atoms with Crippen LogP contribution in [0.15, 0.2) is 0 Å². The minimum absolute atomic E-state index is 0. The predicted octanol–water partition coefficient (Wildman–Crippen LogP) is 1.83. The second-order valence-electron chi connectivity index (χ2n) is 2.42. The van der Waals surface area contributed by atoms with Crippen LogP contribution in [0.5, 0.6) is 0 Å². The maximum absolute atomic E-state index is 10.5. The molecule has 1 unspecified atom stereocenters. The van der Waals surface area contributed by atoms with Crippen LogP contribution < -0.4 is 0 Å². The Balaban J connectivity index is 0. The Morgan fingerprint density at radius 1 is 1.30 bits per heavy atom. The van der Waals surface area contributed by atoms with Crippen LogP contribution in [-0.4, -0.2) is 11.6 Å². The Bertz CT molecular complexity index is 127. The smallest absolute Gasteiger partial charge is 0.133 e. The molecule has 1 atom stereocenters. The van der Waals surface area contributed by atoms with Gasteiger partial charge in [-0.05, 0) is 13.8 Å². The number of rotatable bonds is 3. The van der Waals surface area contributed by atoms with E-state index < -0.39 is 0 Å². The Labute approximate surface area is 62.6 Å². The van der Waals surface area contributed by atoms with Gasteiger partial charge in [0.2, 0.25) is 0 Å². The summed E-state index contributed by atoms with van der Waals surface area (Å²) in [7, 11) is 0. The monoisotopic (exact) mass is 144 g/mol. The molecule has 0 aromatic rings. The van der Waals surface area contributed by atoms with Crippen molar-refractivity contribution in [3.05, 3.63) is 0 Å². The lowest BCUT2D eigenvalue weighted by molar-refractivity contribution is -0.125. The molecule has 0 spiro atoms. The number of carbonyl (C=O) groups is 2. The minimum atomic E-state index is -0.0949. The van der Waals surface area contributed by atoms with E-state index in [0.717, 1.165) is 0 Å². The van der Waals surface area contributed by atoms with E-state index in [9.17, 15) is 9.59 Å². The van der Waals surface area contributed by atoms with E-state index in [1.54, 1.807) is 6.92 Å². The molecule has 0 amide bonds. The fraction of sp³-hybridized carbons (Fsp3) is 0.750. The van der Waals surface area contributed by atoms with Gasteiger partial charge in [-0.2, -0.15) is 0 Å². The fourth-order valence-electron chi connectivity index (χ4n) is 0.575. The van der Waals surface area contributed by atoms with Gasteiger partial charge in [-0.1, -0.05) is 14.4 Å². The SMILES string of the molecule is C.CC(=O)CC(C)C(C)=O. The molecule has 0 aliphatic heterocycles. The lowest BCUT2D eigenvalue weighted by atomic mass is 10.0. The van der Waals surface area contributed by atoms with Crippen LogP contribution in [0.1, 0.15) is 34.6 Å². The highest BCUT2D eigenvalue weighted by atomic mass is 16.1. The van der Waals surface area contributed by atoms with Gasteiger partial charge in [-0.15, -0.1) is 0 Å². The second-order valence-corrected chi connectivity index (χ2v) is 2.42. The zero-order valence-corrected chi connectivity index (χ0v) is 6.10. The van der Waals surface area contributed by atoms with E-state index in [-0.39, 0.29) is 24.9 Å². The van der Waals surface area contributed by atoms with Crippen molar-refractivity contribution in [3.63, 3.8) is 0 Å². The molecule has 10 heavy (non-hydrogen) atoms. The van der Waals surface area contributed by atoms with Crippen molar-refractivity contribution >= 4 is 11.6 Å². The summed E-state index contributed by atoms with van der Waals surface area (Å²) >= 11 is 0. The third kappa shape index (κ3) is 5.48. The van der Waals surface area contributed by atoms with Crippen LogP contribution in [0.4, 0.5) is 0 Å². The molecule has 0 saturated heterocycles. The molecule has 0 aromatic heterocycles. The molecule has 60 valence electrons. The van der Waals surface area contributed by atoms with Gasteiger partial charge in [0.25, 0.3) is 0 Å². The summed E-state index contributed by atoms with van der Waals surface area (Å²) in [5.74, 6) is 0.0744. The third-order valence-electron chi connectivity index (χ3n) is 1.29. The van der Waals surface area contributed by atoms with Gasteiger partial charge < -0.3 is 4.79 Å². The molecule has 0 heterocycles. The standard InChI is InChI=1S/C7H12O2.CH4/c1-5(7(3)9)4-6(2)8;/h5H,4H2,1-3H3;1H4. The zero-order chi connectivity index (χ0) is 7.44. The Morgan fingerprint density at radius 2 is 1.70 bits per heavy atom. The van der Waals surface area contributed by atoms with E-state index in [1.165, 1.54) is 13.8 Å². The predicted molar refractivity (Wildman–Crippen MR) is 41.9 cm³/mol. The van der Waals surface area contributed by atoms with Crippen molar-refractivity contribution in [1.82, 2.24) is 0 Å². The van der Waals surface area contributed by atoms with Crippen molar-refractivity contribution in [2.45, 2.75) is 34.6 Å². The Kier molecular flexibility index (Phi) is 6.21. The van der Waals surface area contributed by atoms with Crippen molar-refractivity contribution in [1.29, 1.82) is 0 Å². The van der Waals surface area contributed by atoms with Gasteiger partial charge in [-0.25, -0.2) is 0 Å². The van der Waals surface area contributed by atoms with Crippen molar-refractivity contribution in [2.24, 2.45) is 5.92 Å². The largest absolute Gasteiger partial charge is 0.300 e. The summed E-state index contributed by atoms with van der Waals surface area (Å²) in [4.78, 5) is 20.9. The molecule has 0 rings (SSSR count). The van der Waals surface area contributed by atoms with Crippen LogP contribution in [0, 0.1) is 5.92 Å². The summed E-state index contributed by atoms with van der Waals surface area (Å²) in [6.07, 6.45) is 0.384. The number of hydrogen-bond donors (Lipinski definition) is 0. The number of ketones is 2. The average molecular weight is 144 g/mol. The molecule has 0 aromatic carbocycles. The zero-order valence-electron chi connectivity index (χ0n) is 6.10. The quantitative estimate of drug-likeness (QED) is 0.605. The Morgan fingerprint density at radius 3 is 1.80 bits per heavy atom. The van der Waals surface area contributed by atoms with Gasteiger partial charge in [0.15, 0.2) is 0 Å². The summed E-state index contributed by atoms with van der Waals surface area (Å²) in [6, 6.07) is 0. The summed E-state index contributed by atoms with van der Waals surface area (Å²) in [5, 5.41) is 0. The van der Waals surface area contributed by atoms with Crippen LogP contribution in [0.25, 0.3) is 0 Å². The summed E-state index contributed by atoms with van der Waals surface area (Å²) < 4.78 is 0.